The van der Waals surface area contributed by atoms with Crippen molar-refractivity contribution >= 4 is 17.6 Å². The van der Waals surface area contributed by atoms with Crippen LogP contribution in [0.5, 0.6) is 0 Å². The molecule has 0 amide bonds. The summed E-state index contributed by atoms with van der Waals surface area (Å²) in [5, 5.41) is 3.34. The summed E-state index contributed by atoms with van der Waals surface area (Å²) in [6.07, 6.45) is 1.73. The Morgan fingerprint density at radius 2 is 1.59 bits per heavy atom. The van der Waals surface area contributed by atoms with Crippen LogP contribution in [0.15, 0.2) is 60.7 Å². The van der Waals surface area contributed by atoms with E-state index < -0.39 is 11.6 Å². The van der Waals surface area contributed by atoms with Crippen molar-refractivity contribution in [2.45, 2.75) is 51.4 Å². The van der Waals surface area contributed by atoms with Gasteiger partial charge in [-0.15, -0.1) is 0 Å². The second kappa shape index (κ2) is 10.9. The van der Waals surface area contributed by atoms with Crippen molar-refractivity contribution in [3.05, 3.63) is 66.2 Å². The number of anilines is 1. The van der Waals surface area contributed by atoms with Crippen LogP contribution in [0, 0.1) is 5.92 Å². The Morgan fingerprint density at radius 1 is 1.00 bits per heavy atom. The maximum absolute atomic E-state index is 13.4. The molecule has 2 aromatic carbocycles. The lowest BCUT2D eigenvalue weighted by Crippen LogP contribution is -3.00. The molecular formula is C27H35BrN2O4. The van der Waals surface area contributed by atoms with Gasteiger partial charge >= 0.3 is 11.9 Å². The van der Waals surface area contributed by atoms with E-state index in [0.717, 1.165) is 37.2 Å². The number of piperidine rings is 3. The highest BCUT2D eigenvalue weighted by Crippen LogP contribution is 2.36. The van der Waals surface area contributed by atoms with Gasteiger partial charge in [0.25, 0.3) is 0 Å². The molecule has 0 aromatic heterocycles. The Labute approximate surface area is 213 Å². The van der Waals surface area contributed by atoms with Gasteiger partial charge in [-0.05, 0) is 38.5 Å². The first kappa shape index (κ1) is 26.2. The number of carbonyl (C=O) groups excluding carboxylic acids is 2. The fourth-order valence-electron chi connectivity index (χ4n) is 5.07. The Hall–Kier alpha value is -2.38. The Balaban J connectivity index is 0.00000324. The molecule has 184 valence electrons. The van der Waals surface area contributed by atoms with E-state index in [1.165, 1.54) is 0 Å². The molecule has 3 aliphatic heterocycles. The highest BCUT2D eigenvalue weighted by atomic mass is 79.9. The second-order valence-corrected chi connectivity index (χ2v) is 10.4. The minimum Gasteiger partial charge on any atom is -1.00 e. The maximum Gasteiger partial charge on any atom is 0.362 e. The summed E-state index contributed by atoms with van der Waals surface area (Å²) in [5.74, 6) is -0.110. The van der Waals surface area contributed by atoms with E-state index in [1.807, 2.05) is 81.4 Å². The van der Waals surface area contributed by atoms with E-state index in [2.05, 4.69) is 5.32 Å². The third kappa shape index (κ3) is 6.60. The van der Waals surface area contributed by atoms with Crippen molar-refractivity contribution in [3.8, 4) is 0 Å². The summed E-state index contributed by atoms with van der Waals surface area (Å²) in [4.78, 5) is 26.0. The molecule has 0 radical (unpaired) electrons. The van der Waals surface area contributed by atoms with E-state index in [4.69, 9.17) is 9.47 Å². The van der Waals surface area contributed by atoms with Crippen LogP contribution < -0.4 is 22.3 Å². The fraction of sp³-hybridized carbons (Fsp3) is 0.481. The van der Waals surface area contributed by atoms with Crippen LogP contribution in [-0.4, -0.2) is 54.3 Å². The van der Waals surface area contributed by atoms with Crippen molar-refractivity contribution in [1.82, 2.24) is 0 Å². The molecule has 1 N–H and O–H groups in total. The second-order valence-electron chi connectivity index (χ2n) is 10.4. The smallest absolute Gasteiger partial charge is 0.362 e. The number of benzene rings is 2. The predicted molar refractivity (Wildman–Crippen MR) is 127 cm³/mol. The Bertz CT molecular complexity index is 954. The van der Waals surface area contributed by atoms with Gasteiger partial charge in [0.1, 0.15) is 12.1 Å². The molecule has 3 heterocycles. The average Bonchev–Trinajstić information content (AvgIpc) is 2.78. The topological polar surface area (TPSA) is 64.6 Å². The summed E-state index contributed by atoms with van der Waals surface area (Å²) < 4.78 is 12.4. The van der Waals surface area contributed by atoms with Crippen molar-refractivity contribution in [3.63, 3.8) is 0 Å². The Kier molecular flexibility index (Phi) is 8.42. The number of fused-ring (bicyclic) bond motifs is 3. The van der Waals surface area contributed by atoms with E-state index >= 15 is 0 Å². The van der Waals surface area contributed by atoms with Crippen LogP contribution in [0.1, 0.15) is 45.2 Å². The molecule has 3 fully saturated rings. The van der Waals surface area contributed by atoms with Crippen LogP contribution in [0.25, 0.3) is 0 Å². The van der Waals surface area contributed by atoms with Gasteiger partial charge in [-0.25, -0.2) is 9.59 Å². The van der Waals surface area contributed by atoms with Gasteiger partial charge in [0, 0.05) is 24.4 Å². The van der Waals surface area contributed by atoms with Crippen LogP contribution in [0.2, 0.25) is 0 Å². The molecule has 2 atom stereocenters. The van der Waals surface area contributed by atoms with E-state index in [-0.39, 0.29) is 35.0 Å². The summed E-state index contributed by atoms with van der Waals surface area (Å²) in [6.45, 7) is 8.54. The van der Waals surface area contributed by atoms with E-state index in [9.17, 15) is 9.59 Å². The molecular weight excluding hydrogens is 496 g/mol. The van der Waals surface area contributed by atoms with E-state index in [0.29, 0.717) is 23.5 Å². The minimum absolute atomic E-state index is 0. The summed E-state index contributed by atoms with van der Waals surface area (Å²) in [5.41, 5.74) is 1.23. The number of para-hydroxylation sites is 1. The SMILES string of the molecule is CC(C)(C)OC(=O)C[N+]12CCC(CC1)[C@@H](OC(=O)[C@H](Nc1ccccc1)c1ccccc1)C2.[Br-]. The first-order chi connectivity index (χ1) is 15.7. The molecule has 3 saturated heterocycles. The van der Waals surface area contributed by atoms with Crippen LogP contribution >= 0.6 is 0 Å². The molecule has 0 saturated carbocycles. The molecule has 6 nitrogen and oxygen atoms in total. The van der Waals surface area contributed by atoms with Gasteiger partial charge < -0.3 is 36.3 Å². The van der Waals surface area contributed by atoms with Crippen molar-refractivity contribution in [1.29, 1.82) is 0 Å². The molecule has 5 rings (SSSR count). The number of ether oxygens (including phenoxy) is 2. The zero-order chi connectivity index (χ0) is 23.5. The van der Waals surface area contributed by atoms with Crippen molar-refractivity contribution < 1.29 is 40.5 Å². The van der Waals surface area contributed by atoms with Crippen LogP contribution in [-0.2, 0) is 19.1 Å². The lowest BCUT2D eigenvalue weighted by atomic mass is 9.83. The number of halogens is 1. The molecule has 2 bridgehead atoms. The quantitative estimate of drug-likeness (QED) is 0.432. The molecule has 34 heavy (non-hydrogen) atoms. The van der Waals surface area contributed by atoms with Gasteiger partial charge in [-0.2, -0.15) is 0 Å². The summed E-state index contributed by atoms with van der Waals surface area (Å²) in [6, 6.07) is 18.8. The third-order valence-corrected chi connectivity index (χ3v) is 6.65. The van der Waals surface area contributed by atoms with Crippen molar-refractivity contribution in [2.24, 2.45) is 5.92 Å². The summed E-state index contributed by atoms with van der Waals surface area (Å²) in [7, 11) is 0. The third-order valence-electron chi connectivity index (χ3n) is 6.65. The largest absolute Gasteiger partial charge is 1.00 e. The number of quaternary nitrogens is 1. The number of nitrogens with zero attached hydrogens (tertiary/aromatic N) is 1. The number of carbonyl (C=O) groups is 2. The molecule has 7 heteroatoms. The first-order valence-electron chi connectivity index (χ1n) is 11.9. The number of nitrogens with one attached hydrogen (secondary N) is 1. The van der Waals surface area contributed by atoms with Crippen molar-refractivity contribution in [2.75, 3.05) is 31.5 Å². The normalized spacial score (nSPS) is 24.4. The first-order valence-corrected chi connectivity index (χ1v) is 11.9. The van der Waals surface area contributed by atoms with E-state index in [1.54, 1.807) is 0 Å². The predicted octanol–water partition coefficient (Wildman–Crippen LogP) is 1.34. The number of hydrogen-bond donors (Lipinski definition) is 1. The minimum atomic E-state index is -0.594. The highest BCUT2D eigenvalue weighted by Gasteiger charge is 2.49. The lowest BCUT2D eigenvalue weighted by molar-refractivity contribution is -0.939. The van der Waals surface area contributed by atoms with Gasteiger partial charge in [0.05, 0.1) is 13.1 Å². The highest BCUT2D eigenvalue weighted by molar-refractivity contribution is 5.81. The monoisotopic (exact) mass is 530 g/mol. The molecule has 2 aromatic rings. The van der Waals surface area contributed by atoms with Gasteiger partial charge in [0.2, 0.25) is 0 Å². The Morgan fingerprint density at radius 3 is 2.18 bits per heavy atom. The lowest BCUT2D eigenvalue weighted by Gasteiger charge is -2.51. The number of esters is 2. The molecule has 0 spiro atoms. The summed E-state index contributed by atoms with van der Waals surface area (Å²) >= 11 is 0. The molecule has 0 aliphatic carbocycles. The maximum atomic E-state index is 13.4. The number of hydrogen-bond acceptors (Lipinski definition) is 5. The molecule has 0 unspecified atom stereocenters. The standard InChI is InChI=1S/C27H35N2O4.BrH/c1-27(2,3)33-24(30)19-29-16-14-20(15-17-29)23(18-29)32-26(31)25(21-10-6-4-7-11-21)28-22-12-8-5-9-13-22;/h4-13,20,23,25,28H,14-19H2,1-3H3;1H/q+1;/p-1/t20?,23-,25+,29?;/m0./s1. The number of rotatable bonds is 7. The van der Waals surface area contributed by atoms with Crippen LogP contribution in [0.3, 0.4) is 0 Å². The van der Waals surface area contributed by atoms with Gasteiger partial charge in [-0.1, -0.05) is 48.5 Å². The average molecular weight is 531 g/mol. The van der Waals surface area contributed by atoms with Gasteiger partial charge in [-0.3, -0.25) is 0 Å². The zero-order valence-electron chi connectivity index (χ0n) is 20.2. The van der Waals surface area contributed by atoms with Gasteiger partial charge in [0.15, 0.2) is 18.7 Å². The fourth-order valence-corrected chi connectivity index (χ4v) is 5.07. The molecule has 3 aliphatic rings. The zero-order valence-corrected chi connectivity index (χ0v) is 21.8. The van der Waals surface area contributed by atoms with Crippen LogP contribution in [0.4, 0.5) is 5.69 Å².